The first kappa shape index (κ1) is 19.0. The number of rotatable bonds is 6. The summed E-state index contributed by atoms with van der Waals surface area (Å²) in [7, 11) is 3.52. The molecule has 24 heavy (non-hydrogen) atoms. The number of carbonyl (C=O) groups is 1. The highest BCUT2D eigenvalue weighted by molar-refractivity contribution is 5.84. The molecule has 138 valence electrons. The normalized spacial score (nSPS) is 27.8. The molecule has 0 aromatic rings. The minimum absolute atomic E-state index is 0.0169. The Hall–Kier alpha value is -1.30. The van der Waals surface area contributed by atoms with Gasteiger partial charge in [-0.05, 0) is 31.6 Å². The molecule has 2 aliphatic rings. The zero-order chi connectivity index (χ0) is 17.4. The number of carbonyl (C=O) groups excluding carboxylic acids is 1. The minimum atomic E-state index is 0.0169. The summed E-state index contributed by atoms with van der Waals surface area (Å²) in [5.41, 5.74) is 0. The molecule has 3 atom stereocenters. The van der Waals surface area contributed by atoms with E-state index in [9.17, 15) is 4.79 Å². The predicted molar refractivity (Wildman–Crippen MR) is 97.1 cm³/mol. The van der Waals surface area contributed by atoms with Gasteiger partial charge >= 0.3 is 0 Å². The Labute approximate surface area is 146 Å². The van der Waals surface area contributed by atoms with Crippen molar-refractivity contribution in [1.82, 2.24) is 15.5 Å². The van der Waals surface area contributed by atoms with Crippen molar-refractivity contribution in [2.24, 2.45) is 10.9 Å². The van der Waals surface area contributed by atoms with Crippen molar-refractivity contribution in [3.8, 4) is 0 Å². The molecule has 6 nitrogen and oxygen atoms in total. The van der Waals surface area contributed by atoms with Crippen LogP contribution in [-0.2, 0) is 9.53 Å². The lowest BCUT2D eigenvalue weighted by atomic mass is 9.84. The van der Waals surface area contributed by atoms with E-state index in [1.165, 1.54) is 32.1 Å². The maximum atomic E-state index is 11.8. The van der Waals surface area contributed by atoms with Crippen LogP contribution in [0.25, 0.3) is 0 Å². The lowest BCUT2D eigenvalue weighted by Gasteiger charge is -2.30. The van der Waals surface area contributed by atoms with Gasteiger partial charge in [0.25, 0.3) is 0 Å². The number of nitrogens with one attached hydrogen (secondary N) is 2. The molecular weight excluding hydrogens is 304 g/mol. The maximum absolute atomic E-state index is 11.8. The van der Waals surface area contributed by atoms with Crippen molar-refractivity contribution in [2.75, 3.05) is 33.8 Å². The Morgan fingerprint density at radius 3 is 2.75 bits per heavy atom. The SMILES string of the molecule is CCC1CCCC(NC(=NCC(=O)N(C)C)NCC2CCCO2)C1. The Morgan fingerprint density at radius 2 is 2.08 bits per heavy atom. The maximum Gasteiger partial charge on any atom is 0.243 e. The van der Waals surface area contributed by atoms with Gasteiger partial charge in [0.2, 0.25) is 5.91 Å². The summed E-state index contributed by atoms with van der Waals surface area (Å²) in [4.78, 5) is 17.9. The fraction of sp³-hybridized carbons (Fsp3) is 0.889. The zero-order valence-electron chi connectivity index (χ0n) is 15.5. The molecule has 1 saturated carbocycles. The van der Waals surface area contributed by atoms with E-state index in [0.29, 0.717) is 6.04 Å². The van der Waals surface area contributed by atoms with Crippen LogP contribution >= 0.6 is 0 Å². The minimum Gasteiger partial charge on any atom is -0.376 e. The number of hydrogen-bond acceptors (Lipinski definition) is 3. The monoisotopic (exact) mass is 338 g/mol. The Kier molecular flexibility index (Phi) is 7.82. The third-order valence-electron chi connectivity index (χ3n) is 5.09. The standard InChI is InChI=1S/C18H34N4O2/c1-4-14-7-5-8-15(11-14)21-18(20-13-17(23)22(2)3)19-12-16-9-6-10-24-16/h14-16H,4-13H2,1-3H3,(H2,19,20,21). The van der Waals surface area contributed by atoms with Crippen LogP contribution in [0, 0.1) is 5.92 Å². The van der Waals surface area contributed by atoms with Gasteiger partial charge in [0.15, 0.2) is 5.96 Å². The second-order valence-corrected chi connectivity index (χ2v) is 7.25. The molecule has 6 heteroatoms. The van der Waals surface area contributed by atoms with Crippen molar-refractivity contribution >= 4 is 11.9 Å². The molecule has 2 N–H and O–H groups in total. The number of likely N-dealkylation sites (N-methyl/N-ethyl adjacent to an activating group) is 1. The molecule has 0 aromatic carbocycles. The van der Waals surface area contributed by atoms with Crippen LogP contribution in [0.15, 0.2) is 4.99 Å². The van der Waals surface area contributed by atoms with Crippen molar-refractivity contribution < 1.29 is 9.53 Å². The Morgan fingerprint density at radius 1 is 1.25 bits per heavy atom. The summed E-state index contributed by atoms with van der Waals surface area (Å²) in [6.07, 6.45) is 8.71. The summed E-state index contributed by atoms with van der Waals surface area (Å²) in [5, 5.41) is 6.93. The molecule has 1 saturated heterocycles. The van der Waals surface area contributed by atoms with Crippen molar-refractivity contribution in [1.29, 1.82) is 0 Å². The molecule has 0 bridgehead atoms. The zero-order valence-corrected chi connectivity index (χ0v) is 15.5. The van der Waals surface area contributed by atoms with E-state index in [2.05, 4.69) is 22.5 Å². The van der Waals surface area contributed by atoms with Crippen LogP contribution in [0.5, 0.6) is 0 Å². The van der Waals surface area contributed by atoms with E-state index < -0.39 is 0 Å². The molecule has 2 fully saturated rings. The fourth-order valence-corrected chi connectivity index (χ4v) is 3.44. The molecule has 0 aromatic heterocycles. The number of aliphatic imine (C=N–C) groups is 1. The Balaban J connectivity index is 1.90. The highest BCUT2D eigenvalue weighted by Crippen LogP contribution is 2.26. The molecule has 0 radical (unpaired) electrons. The van der Waals surface area contributed by atoms with E-state index >= 15 is 0 Å². The van der Waals surface area contributed by atoms with Gasteiger partial charge in [-0.1, -0.05) is 26.2 Å². The van der Waals surface area contributed by atoms with Crippen molar-refractivity contribution in [2.45, 2.75) is 64.0 Å². The molecule has 1 aliphatic carbocycles. The molecule has 2 rings (SSSR count). The van der Waals surface area contributed by atoms with Gasteiger partial charge in [-0.2, -0.15) is 0 Å². The van der Waals surface area contributed by atoms with Gasteiger partial charge in [-0.3, -0.25) is 4.79 Å². The number of hydrogen-bond donors (Lipinski definition) is 2. The van der Waals surface area contributed by atoms with Crippen LogP contribution in [-0.4, -0.2) is 62.7 Å². The first-order valence-corrected chi connectivity index (χ1v) is 9.45. The van der Waals surface area contributed by atoms with Gasteiger partial charge in [0.1, 0.15) is 6.54 Å². The predicted octanol–water partition coefficient (Wildman–Crippen LogP) is 1.76. The third-order valence-corrected chi connectivity index (χ3v) is 5.09. The molecule has 3 unspecified atom stereocenters. The van der Waals surface area contributed by atoms with Crippen LogP contribution in [0.4, 0.5) is 0 Å². The lowest BCUT2D eigenvalue weighted by Crippen LogP contribution is -2.47. The summed E-state index contributed by atoms with van der Waals surface area (Å²) in [6, 6.07) is 0.453. The third kappa shape index (κ3) is 6.30. The van der Waals surface area contributed by atoms with Gasteiger partial charge in [-0.25, -0.2) is 4.99 Å². The lowest BCUT2D eigenvalue weighted by molar-refractivity contribution is -0.127. The topological polar surface area (TPSA) is 66.0 Å². The molecule has 1 aliphatic heterocycles. The average Bonchev–Trinajstić information content (AvgIpc) is 3.10. The number of nitrogens with zero attached hydrogens (tertiary/aromatic N) is 2. The van der Waals surface area contributed by atoms with E-state index in [-0.39, 0.29) is 18.6 Å². The van der Waals surface area contributed by atoms with Gasteiger partial charge in [0, 0.05) is 33.3 Å². The number of amides is 1. The van der Waals surface area contributed by atoms with E-state index in [1.807, 2.05) is 0 Å². The van der Waals surface area contributed by atoms with E-state index in [0.717, 1.165) is 37.9 Å². The van der Waals surface area contributed by atoms with Crippen molar-refractivity contribution in [3.05, 3.63) is 0 Å². The van der Waals surface area contributed by atoms with Crippen LogP contribution < -0.4 is 10.6 Å². The number of guanidine groups is 1. The quantitative estimate of drug-likeness (QED) is 0.572. The highest BCUT2D eigenvalue weighted by atomic mass is 16.5. The highest BCUT2D eigenvalue weighted by Gasteiger charge is 2.22. The molecular formula is C18H34N4O2. The smallest absolute Gasteiger partial charge is 0.243 e. The first-order valence-electron chi connectivity index (χ1n) is 9.45. The van der Waals surface area contributed by atoms with Gasteiger partial charge in [-0.15, -0.1) is 0 Å². The van der Waals surface area contributed by atoms with Crippen LogP contribution in [0.3, 0.4) is 0 Å². The molecule has 1 amide bonds. The van der Waals surface area contributed by atoms with E-state index in [1.54, 1.807) is 19.0 Å². The second-order valence-electron chi connectivity index (χ2n) is 7.25. The van der Waals surface area contributed by atoms with Gasteiger partial charge < -0.3 is 20.3 Å². The second kappa shape index (κ2) is 9.87. The average molecular weight is 338 g/mol. The molecule has 1 heterocycles. The fourth-order valence-electron chi connectivity index (χ4n) is 3.44. The molecule has 0 spiro atoms. The van der Waals surface area contributed by atoms with Crippen molar-refractivity contribution in [3.63, 3.8) is 0 Å². The van der Waals surface area contributed by atoms with Crippen LogP contribution in [0.2, 0.25) is 0 Å². The summed E-state index contributed by atoms with van der Waals surface area (Å²) in [6.45, 7) is 4.06. The van der Waals surface area contributed by atoms with Gasteiger partial charge in [0.05, 0.1) is 6.10 Å². The van der Waals surface area contributed by atoms with Crippen LogP contribution in [0.1, 0.15) is 51.9 Å². The summed E-state index contributed by atoms with van der Waals surface area (Å²) < 4.78 is 5.67. The summed E-state index contributed by atoms with van der Waals surface area (Å²) in [5.74, 6) is 1.57. The Bertz CT molecular complexity index is 419. The largest absolute Gasteiger partial charge is 0.376 e. The van der Waals surface area contributed by atoms with E-state index in [4.69, 9.17) is 4.74 Å². The number of ether oxygens (including phenoxy) is 1. The first-order chi connectivity index (χ1) is 11.6. The summed E-state index contributed by atoms with van der Waals surface area (Å²) >= 11 is 0.